The van der Waals surface area contributed by atoms with Crippen molar-refractivity contribution in [1.82, 2.24) is 14.7 Å². The summed E-state index contributed by atoms with van der Waals surface area (Å²) in [5.74, 6) is 0.158. The number of hydrogen-bond acceptors (Lipinski definition) is 2. The minimum Gasteiger partial charge on any atom is -0.336 e. The lowest BCUT2D eigenvalue weighted by molar-refractivity contribution is -0.153. The average molecular weight is 410 g/mol. The Kier molecular flexibility index (Phi) is 4.75. The van der Waals surface area contributed by atoms with E-state index in [1.165, 1.54) is 43.4 Å². The fourth-order valence-corrected chi connectivity index (χ4v) is 6.19. The van der Waals surface area contributed by atoms with Gasteiger partial charge in [-0.1, -0.05) is 25.5 Å². The number of aromatic nitrogens is 2. The van der Waals surface area contributed by atoms with Crippen molar-refractivity contribution in [2.24, 2.45) is 10.8 Å². The third kappa shape index (κ3) is 3.17. The Bertz CT molecular complexity index is 937. The molecule has 160 valence electrons. The van der Waals surface area contributed by atoms with Gasteiger partial charge < -0.3 is 4.90 Å². The highest BCUT2D eigenvalue weighted by atomic mass is 19.1. The highest BCUT2D eigenvalue weighted by Gasteiger charge is 2.52. The molecule has 3 aliphatic carbocycles. The maximum atomic E-state index is 13.7. The van der Waals surface area contributed by atoms with Crippen molar-refractivity contribution < 1.29 is 9.18 Å². The largest absolute Gasteiger partial charge is 0.336 e. The number of benzene rings is 1. The van der Waals surface area contributed by atoms with E-state index in [1.54, 1.807) is 0 Å². The van der Waals surface area contributed by atoms with Crippen molar-refractivity contribution in [1.29, 1.82) is 0 Å². The van der Waals surface area contributed by atoms with Gasteiger partial charge in [0.25, 0.3) is 0 Å². The fourth-order valence-electron chi connectivity index (χ4n) is 6.19. The molecule has 3 saturated carbocycles. The number of halogens is 1. The molecule has 1 amide bonds. The van der Waals surface area contributed by atoms with E-state index in [-0.39, 0.29) is 11.2 Å². The number of carbonyl (C=O) groups excluding carboxylic acids is 1. The Morgan fingerprint density at radius 3 is 2.40 bits per heavy atom. The Balaban J connectivity index is 1.36. The highest BCUT2D eigenvalue weighted by molar-refractivity contribution is 5.83. The molecule has 0 spiro atoms. The van der Waals surface area contributed by atoms with Gasteiger partial charge in [-0.2, -0.15) is 5.10 Å². The predicted octanol–water partition coefficient (Wildman–Crippen LogP) is 5.01. The summed E-state index contributed by atoms with van der Waals surface area (Å²) in [5.41, 5.74) is 4.92. The minimum atomic E-state index is -0.222. The van der Waals surface area contributed by atoms with Crippen LogP contribution in [0.25, 0.3) is 0 Å². The normalized spacial score (nSPS) is 27.9. The van der Waals surface area contributed by atoms with Crippen molar-refractivity contribution in [3.63, 3.8) is 0 Å². The summed E-state index contributed by atoms with van der Waals surface area (Å²) < 4.78 is 15.3. The predicted molar refractivity (Wildman–Crippen MR) is 114 cm³/mol. The van der Waals surface area contributed by atoms with Gasteiger partial charge in [-0.15, -0.1) is 0 Å². The molecule has 3 fully saturated rings. The minimum absolute atomic E-state index is 0.120. The summed E-state index contributed by atoms with van der Waals surface area (Å²) >= 11 is 0. The zero-order valence-corrected chi connectivity index (χ0v) is 18.2. The summed E-state index contributed by atoms with van der Waals surface area (Å²) in [5, 5.41) is 4.77. The van der Waals surface area contributed by atoms with Crippen molar-refractivity contribution in [3.05, 3.63) is 52.6 Å². The van der Waals surface area contributed by atoms with Gasteiger partial charge in [0, 0.05) is 12.0 Å². The van der Waals surface area contributed by atoms with Gasteiger partial charge in [0.2, 0.25) is 5.91 Å². The van der Waals surface area contributed by atoms with Crippen LogP contribution in [-0.4, -0.2) is 27.1 Å². The molecule has 4 aliphatic rings. The fraction of sp³-hybridized carbons (Fsp3) is 0.600. The van der Waals surface area contributed by atoms with Gasteiger partial charge in [0.05, 0.1) is 24.5 Å². The van der Waals surface area contributed by atoms with E-state index < -0.39 is 0 Å². The zero-order valence-electron chi connectivity index (χ0n) is 18.2. The van der Waals surface area contributed by atoms with Crippen LogP contribution >= 0.6 is 0 Å². The smallest absolute Gasteiger partial charge is 0.229 e. The van der Waals surface area contributed by atoms with Crippen LogP contribution in [0.15, 0.2) is 24.3 Å². The number of hydrogen-bond donors (Lipinski definition) is 0. The van der Waals surface area contributed by atoms with Crippen LogP contribution in [0.3, 0.4) is 0 Å². The second kappa shape index (κ2) is 7.21. The molecule has 2 heterocycles. The highest BCUT2D eigenvalue weighted by Crippen LogP contribution is 2.59. The number of amides is 1. The van der Waals surface area contributed by atoms with E-state index >= 15 is 0 Å². The van der Waals surface area contributed by atoms with Crippen LogP contribution in [-0.2, 0) is 24.3 Å². The van der Waals surface area contributed by atoms with Crippen LogP contribution in [0.2, 0.25) is 0 Å². The van der Waals surface area contributed by atoms with Crippen LogP contribution in [0.1, 0.15) is 74.4 Å². The molecule has 4 nitrogen and oxygen atoms in total. The molecule has 0 saturated heterocycles. The molecule has 30 heavy (non-hydrogen) atoms. The summed E-state index contributed by atoms with van der Waals surface area (Å²) in [6, 6.07) is 6.62. The SMILES string of the molecule is CCC12CCC(C(=O)N3CCc4c(C)nn(Cc5ccc(F)cc5)c4C3)(CC1)CC2. The van der Waals surface area contributed by atoms with Crippen molar-refractivity contribution in [2.45, 2.75) is 78.3 Å². The van der Waals surface area contributed by atoms with Gasteiger partial charge in [0.1, 0.15) is 5.82 Å². The lowest BCUT2D eigenvalue weighted by Crippen LogP contribution is -2.52. The first-order valence-electron chi connectivity index (χ1n) is 11.5. The Hall–Kier alpha value is -2.17. The molecule has 0 radical (unpaired) electrons. The van der Waals surface area contributed by atoms with Gasteiger partial charge in [0.15, 0.2) is 0 Å². The molecule has 2 aromatic rings. The van der Waals surface area contributed by atoms with E-state index in [1.807, 2.05) is 16.8 Å². The van der Waals surface area contributed by atoms with Crippen molar-refractivity contribution in [2.75, 3.05) is 6.54 Å². The Labute approximate surface area is 178 Å². The summed E-state index contributed by atoms with van der Waals surface area (Å²) in [6.07, 6.45) is 8.99. The maximum Gasteiger partial charge on any atom is 0.229 e. The molecule has 1 aliphatic heterocycles. The number of fused-ring (bicyclic) bond motifs is 4. The lowest BCUT2D eigenvalue weighted by atomic mass is 9.52. The molecule has 2 bridgehead atoms. The van der Waals surface area contributed by atoms with Crippen LogP contribution < -0.4 is 0 Å². The summed E-state index contributed by atoms with van der Waals surface area (Å²) in [4.78, 5) is 15.8. The van der Waals surface area contributed by atoms with E-state index in [2.05, 4.69) is 18.7 Å². The third-order valence-electron chi connectivity index (χ3n) is 8.48. The molecule has 5 heteroatoms. The molecule has 6 rings (SSSR count). The Morgan fingerprint density at radius 1 is 1.10 bits per heavy atom. The van der Waals surface area contributed by atoms with Crippen molar-refractivity contribution in [3.8, 4) is 0 Å². The van der Waals surface area contributed by atoms with Crippen LogP contribution in [0.5, 0.6) is 0 Å². The van der Waals surface area contributed by atoms with Gasteiger partial charge in [-0.25, -0.2) is 4.39 Å². The first-order chi connectivity index (χ1) is 14.4. The molecule has 0 atom stereocenters. The maximum absolute atomic E-state index is 13.7. The summed E-state index contributed by atoms with van der Waals surface area (Å²) in [7, 11) is 0. The molecule has 1 aromatic carbocycles. The number of nitrogens with zero attached hydrogens (tertiary/aromatic N) is 3. The van der Waals surface area contributed by atoms with Crippen molar-refractivity contribution >= 4 is 5.91 Å². The zero-order chi connectivity index (χ0) is 20.9. The van der Waals surface area contributed by atoms with Crippen LogP contribution in [0, 0.1) is 23.6 Å². The van der Waals surface area contributed by atoms with Gasteiger partial charge in [-0.05, 0) is 80.5 Å². The molecule has 1 aromatic heterocycles. The molecular formula is C25H32FN3O. The number of carbonyl (C=O) groups is 1. The standard InChI is InChI=1S/C25H32FN3O/c1-3-24-9-12-25(13-10-24,14-11-24)23(30)28-15-8-21-18(2)27-29(22(21)17-28)16-19-4-6-20(26)7-5-19/h4-7H,3,8-17H2,1-2H3. The second-order valence-electron chi connectivity index (χ2n) is 9.91. The van der Waals surface area contributed by atoms with E-state index in [9.17, 15) is 9.18 Å². The number of aryl methyl sites for hydroxylation is 1. The quantitative estimate of drug-likeness (QED) is 0.712. The molecule has 0 N–H and O–H groups in total. The Morgan fingerprint density at radius 2 is 1.77 bits per heavy atom. The first-order valence-corrected chi connectivity index (χ1v) is 11.5. The first kappa shape index (κ1) is 19.8. The third-order valence-corrected chi connectivity index (χ3v) is 8.48. The van der Waals surface area contributed by atoms with E-state index in [0.29, 0.717) is 24.4 Å². The topological polar surface area (TPSA) is 38.1 Å². The molecular weight excluding hydrogens is 377 g/mol. The molecule has 0 unspecified atom stereocenters. The second-order valence-corrected chi connectivity index (χ2v) is 9.91. The lowest BCUT2D eigenvalue weighted by Gasteiger charge is -2.53. The summed E-state index contributed by atoms with van der Waals surface area (Å²) in [6.45, 7) is 6.44. The van der Waals surface area contributed by atoms with Gasteiger partial charge in [-0.3, -0.25) is 9.48 Å². The van der Waals surface area contributed by atoms with E-state index in [4.69, 9.17) is 5.10 Å². The average Bonchev–Trinajstić information content (AvgIpc) is 3.10. The van der Waals surface area contributed by atoms with E-state index in [0.717, 1.165) is 49.2 Å². The van der Waals surface area contributed by atoms with Crippen LogP contribution in [0.4, 0.5) is 4.39 Å². The van der Waals surface area contributed by atoms with Gasteiger partial charge >= 0.3 is 0 Å². The number of rotatable bonds is 4. The monoisotopic (exact) mass is 409 g/mol.